The Kier molecular flexibility index (Phi) is 8.92. The monoisotopic (exact) mass is 514 g/mol. The van der Waals surface area contributed by atoms with Gasteiger partial charge in [0.2, 0.25) is 11.8 Å². The largest absolute Gasteiger partial charge is 0.350 e. The Morgan fingerprint density at radius 1 is 0.886 bits per heavy atom. The first-order chi connectivity index (χ1) is 16.5. The molecule has 3 aromatic rings. The molecule has 4 nitrogen and oxygen atoms in total. The second-order valence-electron chi connectivity index (χ2n) is 9.47. The molecule has 0 spiro atoms. The van der Waals surface area contributed by atoms with Gasteiger partial charge in [0.1, 0.15) is 11.9 Å². The van der Waals surface area contributed by atoms with Crippen molar-refractivity contribution >= 4 is 35.0 Å². The average molecular weight is 515 g/mol. The second kappa shape index (κ2) is 11.7. The summed E-state index contributed by atoms with van der Waals surface area (Å²) >= 11 is 12.7. The van der Waals surface area contributed by atoms with Crippen LogP contribution in [0.25, 0.3) is 0 Å². The Morgan fingerprint density at radius 2 is 1.49 bits per heavy atom. The predicted octanol–water partition coefficient (Wildman–Crippen LogP) is 6.23. The maximum absolute atomic E-state index is 13.7. The minimum Gasteiger partial charge on any atom is -0.350 e. The molecule has 3 aromatic carbocycles. The Labute approximate surface area is 216 Å². The topological polar surface area (TPSA) is 49.4 Å². The average Bonchev–Trinajstić information content (AvgIpc) is 2.79. The van der Waals surface area contributed by atoms with E-state index in [0.29, 0.717) is 27.6 Å². The molecule has 1 N–H and O–H groups in total. The Hall–Kier alpha value is -2.89. The first kappa shape index (κ1) is 26.7. The lowest BCUT2D eigenvalue weighted by Gasteiger charge is -2.34. The molecule has 0 aliphatic heterocycles. The molecule has 0 aliphatic rings. The summed E-state index contributed by atoms with van der Waals surface area (Å²) in [5.41, 5.74) is 1.61. The molecule has 0 saturated carbocycles. The van der Waals surface area contributed by atoms with Crippen molar-refractivity contribution in [1.82, 2.24) is 10.2 Å². The van der Waals surface area contributed by atoms with Crippen LogP contribution in [0.4, 0.5) is 4.39 Å². The van der Waals surface area contributed by atoms with E-state index >= 15 is 0 Å². The van der Waals surface area contributed by atoms with Crippen molar-refractivity contribution in [3.05, 3.63) is 105 Å². The molecule has 184 valence electrons. The van der Waals surface area contributed by atoms with Crippen LogP contribution in [0.3, 0.4) is 0 Å². The maximum Gasteiger partial charge on any atom is 0.243 e. The molecule has 2 amide bonds. The number of hydrogen-bond donors (Lipinski definition) is 1. The summed E-state index contributed by atoms with van der Waals surface area (Å²) in [4.78, 5) is 28.8. The highest BCUT2D eigenvalue weighted by Gasteiger charge is 2.32. The number of carbonyl (C=O) groups excluding carboxylic acids is 2. The molecule has 0 bridgehead atoms. The maximum atomic E-state index is 13.7. The lowest BCUT2D eigenvalue weighted by atomic mass is 9.99. The van der Waals surface area contributed by atoms with Gasteiger partial charge in [-0.2, -0.15) is 0 Å². The van der Waals surface area contributed by atoms with Gasteiger partial charge in [0.25, 0.3) is 0 Å². The summed E-state index contributed by atoms with van der Waals surface area (Å²) in [6.07, 6.45) is 0.236. The SMILES string of the molecule is CC(C)(C)NC(=O)[C@H](Cc1ccccc1)N(Cc1ccc(F)cc1)C(=O)Cc1c(Cl)cccc1Cl. The number of nitrogens with zero attached hydrogens (tertiary/aromatic N) is 1. The fourth-order valence-electron chi connectivity index (χ4n) is 3.75. The lowest BCUT2D eigenvalue weighted by molar-refractivity contribution is -0.141. The molecule has 0 aromatic heterocycles. The van der Waals surface area contributed by atoms with Crippen LogP contribution in [0.2, 0.25) is 10.0 Å². The Balaban J connectivity index is 2.02. The van der Waals surface area contributed by atoms with Crippen molar-refractivity contribution in [3.63, 3.8) is 0 Å². The molecule has 3 rings (SSSR count). The number of rotatable bonds is 8. The van der Waals surface area contributed by atoms with Crippen molar-refractivity contribution < 1.29 is 14.0 Å². The van der Waals surface area contributed by atoms with Crippen molar-refractivity contribution in [1.29, 1.82) is 0 Å². The van der Waals surface area contributed by atoms with Crippen LogP contribution in [0, 0.1) is 5.82 Å². The quantitative estimate of drug-likeness (QED) is 0.387. The fraction of sp³-hybridized carbons (Fsp3) is 0.286. The van der Waals surface area contributed by atoms with E-state index in [-0.39, 0.29) is 30.6 Å². The number of nitrogens with one attached hydrogen (secondary N) is 1. The van der Waals surface area contributed by atoms with Crippen molar-refractivity contribution in [3.8, 4) is 0 Å². The lowest BCUT2D eigenvalue weighted by Crippen LogP contribution is -2.54. The van der Waals surface area contributed by atoms with E-state index in [1.54, 1.807) is 30.3 Å². The smallest absolute Gasteiger partial charge is 0.243 e. The molecule has 0 aliphatic carbocycles. The Morgan fingerprint density at radius 3 is 2.06 bits per heavy atom. The zero-order valence-corrected chi connectivity index (χ0v) is 21.5. The van der Waals surface area contributed by atoms with E-state index in [4.69, 9.17) is 23.2 Å². The molecule has 0 fully saturated rings. The third kappa shape index (κ3) is 7.81. The molecule has 0 unspecified atom stereocenters. The minimum absolute atomic E-state index is 0.0756. The highest BCUT2D eigenvalue weighted by atomic mass is 35.5. The first-order valence-corrected chi connectivity index (χ1v) is 12.1. The van der Waals surface area contributed by atoms with Crippen LogP contribution in [-0.2, 0) is 29.0 Å². The summed E-state index contributed by atoms with van der Waals surface area (Å²) in [7, 11) is 0. The summed E-state index contributed by atoms with van der Waals surface area (Å²) < 4.78 is 13.5. The third-order valence-electron chi connectivity index (χ3n) is 5.43. The van der Waals surface area contributed by atoms with Crippen LogP contribution >= 0.6 is 23.2 Å². The number of carbonyl (C=O) groups is 2. The van der Waals surface area contributed by atoms with Gasteiger partial charge in [-0.25, -0.2) is 4.39 Å². The number of halogens is 3. The van der Waals surface area contributed by atoms with Gasteiger partial charge in [0.15, 0.2) is 0 Å². The highest BCUT2D eigenvalue weighted by Crippen LogP contribution is 2.26. The van der Waals surface area contributed by atoms with Crippen LogP contribution in [-0.4, -0.2) is 28.3 Å². The van der Waals surface area contributed by atoms with E-state index in [2.05, 4.69) is 5.32 Å². The van der Waals surface area contributed by atoms with Crippen LogP contribution in [0.1, 0.15) is 37.5 Å². The van der Waals surface area contributed by atoms with Crippen LogP contribution in [0.15, 0.2) is 72.8 Å². The number of amides is 2. The fourth-order valence-corrected chi connectivity index (χ4v) is 4.28. The van der Waals surface area contributed by atoms with Gasteiger partial charge in [0.05, 0.1) is 6.42 Å². The molecule has 7 heteroatoms. The zero-order chi connectivity index (χ0) is 25.6. The summed E-state index contributed by atoms with van der Waals surface area (Å²) in [5, 5.41) is 3.77. The van der Waals surface area contributed by atoms with E-state index in [9.17, 15) is 14.0 Å². The normalized spacial score (nSPS) is 12.2. The van der Waals surface area contributed by atoms with Gasteiger partial charge in [-0.3, -0.25) is 9.59 Å². The molecule has 0 heterocycles. The van der Waals surface area contributed by atoms with Gasteiger partial charge >= 0.3 is 0 Å². The van der Waals surface area contributed by atoms with Gasteiger partial charge in [-0.05, 0) is 61.7 Å². The summed E-state index contributed by atoms with van der Waals surface area (Å²) in [6, 6.07) is 19.7. The predicted molar refractivity (Wildman–Crippen MR) is 139 cm³/mol. The molecule has 0 radical (unpaired) electrons. The first-order valence-electron chi connectivity index (χ1n) is 11.4. The van der Waals surface area contributed by atoms with Gasteiger partial charge in [-0.1, -0.05) is 71.7 Å². The van der Waals surface area contributed by atoms with Gasteiger partial charge in [-0.15, -0.1) is 0 Å². The van der Waals surface area contributed by atoms with Crippen molar-refractivity contribution in [2.75, 3.05) is 0 Å². The van der Waals surface area contributed by atoms with Gasteiger partial charge < -0.3 is 10.2 Å². The standard InChI is InChI=1S/C28H29Cl2FN2O2/c1-28(2,3)32-27(35)25(16-19-8-5-4-6-9-19)33(18-20-12-14-21(31)15-13-20)26(34)17-22-23(29)10-7-11-24(22)30/h4-15,25H,16-18H2,1-3H3,(H,32,35)/t25-/m0/s1. The number of benzene rings is 3. The van der Waals surface area contributed by atoms with Crippen LogP contribution in [0.5, 0.6) is 0 Å². The molecule has 1 atom stereocenters. The minimum atomic E-state index is -0.810. The van der Waals surface area contributed by atoms with Crippen molar-refractivity contribution in [2.24, 2.45) is 0 Å². The molecular formula is C28H29Cl2FN2O2. The van der Waals surface area contributed by atoms with E-state index in [1.807, 2.05) is 51.1 Å². The second-order valence-corrected chi connectivity index (χ2v) is 10.3. The Bertz CT molecular complexity index is 1140. The summed E-state index contributed by atoms with van der Waals surface area (Å²) in [5.74, 6) is -0.961. The van der Waals surface area contributed by atoms with E-state index in [0.717, 1.165) is 5.56 Å². The van der Waals surface area contributed by atoms with E-state index in [1.165, 1.54) is 17.0 Å². The molecule has 35 heavy (non-hydrogen) atoms. The van der Waals surface area contributed by atoms with E-state index < -0.39 is 11.6 Å². The number of hydrogen-bond acceptors (Lipinski definition) is 2. The third-order valence-corrected chi connectivity index (χ3v) is 6.13. The van der Waals surface area contributed by atoms with Gasteiger partial charge in [0, 0.05) is 28.5 Å². The molecular weight excluding hydrogens is 486 g/mol. The van der Waals surface area contributed by atoms with Crippen LogP contribution < -0.4 is 5.32 Å². The molecule has 0 saturated heterocycles. The zero-order valence-electron chi connectivity index (χ0n) is 20.0. The summed E-state index contributed by atoms with van der Waals surface area (Å²) in [6.45, 7) is 5.79. The van der Waals surface area contributed by atoms with Crippen molar-refractivity contribution in [2.45, 2.75) is 51.7 Å². The highest BCUT2D eigenvalue weighted by molar-refractivity contribution is 6.36.